The van der Waals surface area contributed by atoms with E-state index in [9.17, 15) is 9.59 Å². The molecule has 5 nitrogen and oxygen atoms in total. The van der Waals surface area contributed by atoms with Gasteiger partial charge in [-0.15, -0.1) is 0 Å². The Hall–Kier alpha value is -1.88. The topological polar surface area (TPSA) is 52.7 Å². The Balaban J connectivity index is 1.49. The van der Waals surface area contributed by atoms with E-state index in [1.165, 1.54) is 5.56 Å². The molecule has 2 aliphatic rings. The Morgan fingerprint density at radius 3 is 2.80 bits per heavy atom. The van der Waals surface area contributed by atoms with Gasteiger partial charge in [0.1, 0.15) is 0 Å². The summed E-state index contributed by atoms with van der Waals surface area (Å²) in [5, 5.41) is 2.86. The predicted octanol–water partition coefficient (Wildman–Crippen LogP) is 2.30. The second-order valence-electron chi connectivity index (χ2n) is 7.57. The smallest absolute Gasteiger partial charge is 0.228 e. The molecule has 5 heteroatoms. The maximum absolute atomic E-state index is 12.5. The summed E-state index contributed by atoms with van der Waals surface area (Å²) < 4.78 is 0. The first-order chi connectivity index (χ1) is 12.0. The molecule has 0 radical (unpaired) electrons. The van der Waals surface area contributed by atoms with Crippen molar-refractivity contribution in [3.8, 4) is 0 Å². The zero-order chi connectivity index (χ0) is 18.0. The minimum Gasteiger partial charge on any atom is -0.341 e. The molecule has 0 saturated carbocycles. The fraction of sp³-hybridized carbons (Fsp3) is 0.600. The summed E-state index contributed by atoms with van der Waals surface area (Å²) in [7, 11) is 4.21. The van der Waals surface area contributed by atoms with Crippen LogP contribution in [-0.2, 0) is 22.4 Å². The molecule has 25 heavy (non-hydrogen) atoms. The van der Waals surface area contributed by atoms with E-state index in [2.05, 4.69) is 43.4 Å². The third kappa shape index (κ3) is 4.03. The van der Waals surface area contributed by atoms with Gasteiger partial charge in [0.05, 0.1) is 6.42 Å². The third-order valence-corrected chi connectivity index (χ3v) is 5.60. The normalized spacial score (nSPS) is 22.4. The number of amides is 2. The number of carbonyl (C=O) groups excluding carboxylic acids is 2. The molecule has 136 valence electrons. The molecule has 1 aromatic rings. The molecule has 1 aromatic carbocycles. The van der Waals surface area contributed by atoms with E-state index in [1.807, 2.05) is 11.0 Å². The molecule has 2 aliphatic heterocycles. The highest BCUT2D eigenvalue weighted by Crippen LogP contribution is 2.26. The summed E-state index contributed by atoms with van der Waals surface area (Å²) in [6, 6.07) is 6.62. The first-order valence-corrected chi connectivity index (χ1v) is 9.33. The minimum absolute atomic E-state index is 0.0669. The van der Waals surface area contributed by atoms with E-state index in [-0.39, 0.29) is 11.8 Å². The van der Waals surface area contributed by atoms with Gasteiger partial charge in [0, 0.05) is 31.2 Å². The van der Waals surface area contributed by atoms with Gasteiger partial charge in [-0.3, -0.25) is 9.59 Å². The molecule has 1 N–H and O–H groups in total. The van der Waals surface area contributed by atoms with Gasteiger partial charge < -0.3 is 15.1 Å². The molecule has 0 aliphatic carbocycles. The van der Waals surface area contributed by atoms with Crippen LogP contribution in [0.3, 0.4) is 0 Å². The number of likely N-dealkylation sites (N-methyl/N-ethyl adjacent to an activating group) is 1. The number of benzene rings is 1. The summed E-state index contributed by atoms with van der Waals surface area (Å²) >= 11 is 0. The van der Waals surface area contributed by atoms with E-state index < -0.39 is 0 Å². The van der Waals surface area contributed by atoms with Crippen LogP contribution >= 0.6 is 0 Å². The zero-order valence-electron chi connectivity index (χ0n) is 15.5. The average molecular weight is 343 g/mol. The Morgan fingerprint density at radius 2 is 2.12 bits per heavy atom. The van der Waals surface area contributed by atoms with Crippen LogP contribution in [-0.4, -0.2) is 54.8 Å². The van der Waals surface area contributed by atoms with Crippen molar-refractivity contribution in [3.63, 3.8) is 0 Å². The fourth-order valence-corrected chi connectivity index (χ4v) is 4.08. The van der Waals surface area contributed by atoms with Gasteiger partial charge in [0.15, 0.2) is 0 Å². The van der Waals surface area contributed by atoms with E-state index in [0.717, 1.165) is 43.6 Å². The van der Waals surface area contributed by atoms with Gasteiger partial charge in [-0.25, -0.2) is 0 Å². The summed E-state index contributed by atoms with van der Waals surface area (Å²) in [5.41, 5.74) is 3.22. The Bertz CT molecular complexity index is 656. The van der Waals surface area contributed by atoms with Crippen LogP contribution in [0.15, 0.2) is 18.2 Å². The monoisotopic (exact) mass is 343 g/mol. The van der Waals surface area contributed by atoms with E-state index >= 15 is 0 Å². The highest BCUT2D eigenvalue weighted by Gasteiger charge is 2.34. The number of anilines is 1. The second-order valence-corrected chi connectivity index (χ2v) is 7.57. The molecule has 3 rings (SSSR count). The lowest BCUT2D eigenvalue weighted by Crippen LogP contribution is -2.36. The number of hydrogen-bond donors (Lipinski definition) is 1. The first-order valence-electron chi connectivity index (χ1n) is 9.33. The number of nitrogens with one attached hydrogen (secondary N) is 1. The van der Waals surface area contributed by atoms with Crippen LogP contribution in [0.2, 0.25) is 0 Å². The van der Waals surface area contributed by atoms with Crippen LogP contribution < -0.4 is 5.32 Å². The van der Waals surface area contributed by atoms with Crippen molar-refractivity contribution in [1.29, 1.82) is 0 Å². The molecular formula is C20H29N3O2. The van der Waals surface area contributed by atoms with Crippen molar-refractivity contribution in [2.45, 2.75) is 45.1 Å². The average Bonchev–Trinajstić information content (AvgIpc) is 3.16. The summed E-state index contributed by atoms with van der Waals surface area (Å²) in [6.45, 7) is 3.96. The van der Waals surface area contributed by atoms with Crippen LogP contribution in [0, 0.1) is 5.92 Å². The lowest BCUT2D eigenvalue weighted by molar-refractivity contribution is -0.130. The molecular weight excluding hydrogens is 314 g/mol. The van der Waals surface area contributed by atoms with Crippen LogP contribution in [0.25, 0.3) is 0 Å². The van der Waals surface area contributed by atoms with E-state index in [1.54, 1.807) is 0 Å². The molecule has 2 heterocycles. The molecule has 0 spiro atoms. The number of fused-ring (bicyclic) bond motifs is 1. The van der Waals surface area contributed by atoms with Crippen molar-refractivity contribution in [1.82, 2.24) is 9.80 Å². The van der Waals surface area contributed by atoms with Crippen molar-refractivity contribution < 1.29 is 9.59 Å². The van der Waals surface area contributed by atoms with E-state index in [4.69, 9.17) is 0 Å². The first kappa shape index (κ1) is 17.9. The molecule has 0 unspecified atom stereocenters. The number of nitrogens with zero attached hydrogens (tertiary/aromatic N) is 2. The zero-order valence-corrected chi connectivity index (χ0v) is 15.5. The number of likely N-dealkylation sites (tertiary alicyclic amines) is 1. The molecule has 0 bridgehead atoms. The number of aryl methyl sites for hydroxylation is 1. The SMILES string of the molecule is CC[C@@H]1CN(C(=O)CCCc2ccc3c(c2)CC(=O)N3)C[C@H]1N(C)C. The molecule has 2 amide bonds. The van der Waals surface area contributed by atoms with Gasteiger partial charge in [-0.05, 0) is 50.0 Å². The third-order valence-electron chi connectivity index (χ3n) is 5.60. The van der Waals surface area contributed by atoms with Crippen molar-refractivity contribution in [2.24, 2.45) is 5.92 Å². The Kier molecular flexibility index (Phi) is 5.42. The molecule has 1 fully saturated rings. The molecule has 0 aromatic heterocycles. The summed E-state index contributed by atoms with van der Waals surface area (Å²) in [4.78, 5) is 28.3. The maximum Gasteiger partial charge on any atom is 0.228 e. The van der Waals surface area contributed by atoms with Crippen LogP contribution in [0.5, 0.6) is 0 Å². The quantitative estimate of drug-likeness (QED) is 0.862. The predicted molar refractivity (Wildman–Crippen MR) is 99.5 cm³/mol. The highest BCUT2D eigenvalue weighted by molar-refractivity contribution is 5.99. The van der Waals surface area contributed by atoms with E-state index in [0.29, 0.717) is 24.8 Å². The molecule has 1 saturated heterocycles. The van der Waals surface area contributed by atoms with Crippen molar-refractivity contribution in [3.05, 3.63) is 29.3 Å². The lowest BCUT2D eigenvalue weighted by Gasteiger charge is -2.23. The largest absolute Gasteiger partial charge is 0.341 e. The second kappa shape index (κ2) is 7.56. The lowest BCUT2D eigenvalue weighted by atomic mass is 10.0. The maximum atomic E-state index is 12.5. The minimum atomic E-state index is 0.0669. The highest BCUT2D eigenvalue weighted by atomic mass is 16.2. The van der Waals surface area contributed by atoms with Gasteiger partial charge in [0.25, 0.3) is 0 Å². The van der Waals surface area contributed by atoms with Gasteiger partial charge in [-0.1, -0.05) is 25.5 Å². The number of rotatable bonds is 6. The Morgan fingerprint density at radius 1 is 1.32 bits per heavy atom. The summed E-state index contributed by atoms with van der Waals surface area (Å²) in [5.74, 6) is 0.929. The van der Waals surface area contributed by atoms with Crippen molar-refractivity contribution >= 4 is 17.5 Å². The van der Waals surface area contributed by atoms with Crippen LogP contribution in [0.4, 0.5) is 5.69 Å². The fourth-order valence-electron chi connectivity index (χ4n) is 4.08. The van der Waals surface area contributed by atoms with Gasteiger partial charge >= 0.3 is 0 Å². The van der Waals surface area contributed by atoms with Crippen LogP contribution in [0.1, 0.15) is 37.3 Å². The van der Waals surface area contributed by atoms with Gasteiger partial charge in [-0.2, -0.15) is 0 Å². The van der Waals surface area contributed by atoms with Gasteiger partial charge in [0.2, 0.25) is 11.8 Å². The molecule has 2 atom stereocenters. The number of carbonyl (C=O) groups is 2. The standard InChI is InChI=1S/C20H29N3O2/c1-4-15-12-23(13-18(15)22(2)3)20(25)7-5-6-14-8-9-17-16(10-14)11-19(24)21-17/h8-10,15,18H,4-7,11-13H2,1-3H3,(H,21,24)/t15-,18-/m1/s1. The van der Waals surface area contributed by atoms with Crippen molar-refractivity contribution in [2.75, 3.05) is 32.5 Å². The summed E-state index contributed by atoms with van der Waals surface area (Å²) in [6.07, 6.45) is 3.94. The Labute approximate surface area is 150 Å². The number of hydrogen-bond acceptors (Lipinski definition) is 3.